The maximum atomic E-state index is 12.8. The van der Waals surface area contributed by atoms with Crippen LogP contribution in [0.4, 0.5) is 0 Å². The first-order valence-corrected chi connectivity index (χ1v) is 17.5. The van der Waals surface area contributed by atoms with Crippen LogP contribution in [0.5, 0.6) is 0 Å². The molecule has 3 atom stereocenters. The summed E-state index contributed by atoms with van der Waals surface area (Å²) in [5.41, 5.74) is -2.17. The SMILES string of the molecule is C=C[C@]1(CO[Si](C)(C)C(C)(C)C)OC[C@@](Cl)(n2ccc(=O)[nH]c2=O)C1O[Si](C)(C)C(C)(C)C. The predicted molar refractivity (Wildman–Crippen MR) is 139 cm³/mol. The number of hydrogen-bond acceptors (Lipinski definition) is 5. The van der Waals surface area contributed by atoms with Gasteiger partial charge in [-0.1, -0.05) is 59.2 Å². The second kappa shape index (κ2) is 8.91. The molecule has 0 aliphatic carbocycles. The largest absolute Gasteiger partial charge is 0.413 e. The minimum Gasteiger partial charge on any atom is -0.413 e. The molecule has 2 heterocycles. The minimum absolute atomic E-state index is 0.00232. The second-order valence-electron chi connectivity index (χ2n) is 12.1. The number of rotatable bonds is 7. The van der Waals surface area contributed by atoms with E-state index >= 15 is 0 Å². The molecule has 33 heavy (non-hydrogen) atoms. The van der Waals surface area contributed by atoms with Gasteiger partial charge >= 0.3 is 5.69 Å². The van der Waals surface area contributed by atoms with Crippen LogP contribution in [0.25, 0.3) is 0 Å². The van der Waals surface area contributed by atoms with Crippen molar-refractivity contribution < 1.29 is 13.6 Å². The highest BCUT2D eigenvalue weighted by Crippen LogP contribution is 2.49. The molecule has 10 heteroatoms. The van der Waals surface area contributed by atoms with Crippen molar-refractivity contribution in [2.75, 3.05) is 13.2 Å². The molecular weight excluding hydrogens is 476 g/mol. The molecule has 1 aromatic heterocycles. The van der Waals surface area contributed by atoms with Crippen molar-refractivity contribution >= 4 is 28.2 Å². The number of hydrogen-bond donors (Lipinski definition) is 1. The van der Waals surface area contributed by atoms with Crippen molar-refractivity contribution in [3.8, 4) is 0 Å². The first-order chi connectivity index (χ1) is 14.7. The molecule has 0 spiro atoms. The Kier molecular flexibility index (Phi) is 7.63. The van der Waals surface area contributed by atoms with Gasteiger partial charge in [-0.25, -0.2) is 4.79 Å². The zero-order chi connectivity index (χ0) is 25.7. The van der Waals surface area contributed by atoms with Crippen LogP contribution in [0.3, 0.4) is 0 Å². The van der Waals surface area contributed by atoms with E-state index in [-0.39, 0.29) is 23.3 Å². The summed E-state index contributed by atoms with van der Waals surface area (Å²) in [6, 6.07) is 1.27. The number of aromatic amines is 1. The fraction of sp³-hybridized carbons (Fsp3) is 0.739. The Hall–Kier alpha value is -0.976. The average molecular weight is 517 g/mol. The Balaban J connectivity index is 2.63. The Morgan fingerprint density at radius 2 is 1.73 bits per heavy atom. The van der Waals surface area contributed by atoms with Gasteiger partial charge in [0.25, 0.3) is 5.56 Å². The smallest absolute Gasteiger partial charge is 0.329 e. The molecule has 1 N–H and O–H groups in total. The zero-order valence-corrected chi connectivity index (χ0v) is 24.6. The van der Waals surface area contributed by atoms with Crippen LogP contribution >= 0.6 is 11.6 Å². The lowest BCUT2D eigenvalue weighted by molar-refractivity contribution is -0.0493. The number of aromatic nitrogens is 2. The summed E-state index contributed by atoms with van der Waals surface area (Å²) in [5.74, 6) is 0. The van der Waals surface area contributed by atoms with E-state index in [1.54, 1.807) is 6.08 Å². The van der Waals surface area contributed by atoms with Crippen molar-refractivity contribution in [2.45, 2.75) is 94.5 Å². The molecule has 1 unspecified atom stereocenters. The minimum atomic E-state index is -2.38. The molecule has 188 valence electrons. The van der Waals surface area contributed by atoms with Crippen molar-refractivity contribution in [1.29, 1.82) is 0 Å². The van der Waals surface area contributed by atoms with Gasteiger partial charge in [0.15, 0.2) is 21.6 Å². The van der Waals surface area contributed by atoms with Crippen LogP contribution < -0.4 is 11.2 Å². The van der Waals surface area contributed by atoms with E-state index in [1.165, 1.54) is 16.8 Å². The lowest BCUT2D eigenvalue weighted by Gasteiger charge is -2.46. The van der Waals surface area contributed by atoms with Crippen LogP contribution in [0, 0.1) is 0 Å². The Morgan fingerprint density at radius 3 is 2.18 bits per heavy atom. The maximum Gasteiger partial charge on any atom is 0.329 e. The highest BCUT2D eigenvalue weighted by atomic mass is 35.5. The van der Waals surface area contributed by atoms with Gasteiger partial charge in [0, 0.05) is 12.3 Å². The molecule has 1 aromatic rings. The first kappa shape index (κ1) is 28.3. The number of H-pyrrole nitrogens is 1. The van der Waals surface area contributed by atoms with Crippen molar-refractivity contribution in [3.63, 3.8) is 0 Å². The summed E-state index contributed by atoms with van der Waals surface area (Å²) in [4.78, 5) is 25.4. The molecule has 1 aliphatic rings. The van der Waals surface area contributed by atoms with Gasteiger partial charge < -0.3 is 13.6 Å². The Labute approximate surface area is 204 Å². The van der Waals surface area contributed by atoms with Crippen LogP contribution in [0.1, 0.15) is 41.5 Å². The molecule has 0 bridgehead atoms. The number of nitrogens with one attached hydrogen (secondary N) is 1. The predicted octanol–water partition coefficient (Wildman–Crippen LogP) is 4.80. The molecule has 2 rings (SSSR count). The van der Waals surface area contributed by atoms with E-state index in [0.717, 1.165) is 0 Å². The summed E-state index contributed by atoms with van der Waals surface area (Å²) < 4.78 is 21.0. The Morgan fingerprint density at radius 1 is 1.18 bits per heavy atom. The van der Waals surface area contributed by atoms with E-state index in [2.05, 4.69) is 79.3 Å². The van der Waals surface area contributed by atoms with Crippen molar-refractivity contribution in [3.05, 3.63) is 45.8 Å². The summed E-state index contributed by atoms with van der Waals surface area (Å²) >= 11 is 7.20. The van der Waals surface area contributed by atoms with Crippen LogP contribution in [0.15, 0.2) is 34.5 Å². The molecule has 0 radical (unpaired) electrons. The third-order valence-electron chi connectivity index (χ3n) is 7.64. The Bertz CT molecular complexity index is 992. The van der Waals surface area contributed by atoms with Gasteiger partial charge in [0.1, 0.15) is 11.7 Å². The maximum absolute atomic E-state index is 12.8. The van der Waals surface area contributed by atoms with Crippen molar-refractivity contribution in [2.24, 2.45) is 0 Å². The molecule has 1 aliphatic heterocycles. The highest BCUT2D eigenvalue weighted by Gasteiger charge is 2.62. The lowest BCUT2D eigenvalue weighted by atomic mass is 9.94. The van der Waals surface area contributed by atoms with Gasteiger partial charge in [-0.05, 0) is 36.3 Å². The number of ether oxygens (including phenoxy) is 1. The molecular formula is C23H41ClN2O5Si2. The molecule has 1 saturated heterocycles. The number of nitrogens with zero attached hydrogens (tertiary/aromatic N) is 1. The zero-order valence-electron chi connectivity index (χ0n) is 21.8. The summed E-state index contributed by atoms with van der Waals surface area (Å²) in [7, 11) is -4.52. The fourth-order valence-electron chi connectivity index (χ4n) is 3.18. The van der Waals surface area contributed by atoms with Crippen LogP contribution in [-0.4, -0.2) is 51.1 Å². The molecule has 0 saturated carbocycles. The van der Waals surface area contributed by atoms with E-state index in [0.29, 0.717) is 0 Å². The number of alkyl halides is 1. The normalized spacial score (nSPS) is 27.1. The molecule has 1 fully saturated rings. The van der Waals surface area contributed by atoms with Gasteiger partial charge in [-0.3, -0.25) is 14.3 Å². The third-order valence-corrected chi connectivity index (χ3v) is 17.0. The molecule has 0 aromatic carbocycles. The second-order valence-corrected chi connectivity index (χ2v) is 22.3. The van der Waals surface area contributed by atoms with E-state index < -0.39 is 44.6 Å². The van der Waals surface area contributed by atoms with Gasteiger partial charge in [-0.2, -0.15) is 0 Å². The first-order valence-electron chi connectivity index (χ1n) is 11.3. The monoisotopic (exact) mass is 516 g/mol. The average Bonchev–Trinajstić information content (AvgIpc) is 2.91. The van der Waals surface area contributed by atoms with Gasteiger partial charge in [0.2, 0.25) is 0 Å². The molecule has 0 amide bonds. The van der Waals surface area contributed by atoms with Crippen LogP contribution in [-0.2, 0) is 18.6 Å². The van der Waals surface area contributed by atoms with E-state index in [9.17, 15) is 9.59 Å². The van der Waals surface area contributed by atoms with Crippen LogP contribution in [0.2, 0.25) is 36.3 Å². The topological polar surface area (TPSA) is 82.5 Å². The van der Waals surface area contributed by atoms with E-state index in [4.69, 9.17) is 25.2 Å². The van der Waals surface area contributed by atoms with Gasteiger partial charge in [0.05, 0.1) is 13.2 Å². The standard InChI is InChI=1S/C23H41ClN2O5Si2/c1-12-22(15-30-32(8,9)20(2,3)4)18(31-33(10,11)21(5,6)7)23(24,16-29-22)26-14-13-17(27)25-19(26)28/h12-14,18H,1,15-16H2,2-11H3,(H,25,27,28)/t18?,22-,23-/m1/s1. The summed E-state index contributed by atoms with van der Waals surface area (Å²) in [5, 5.41) is -0.117. The summed E-state index contributed by atoms with van der Waals surface area (Å²) in [6.45, 7) is 25.8. The fourth-order valence-corrected chi connectivity index (χ4v) is 6.03. The van der Waals surface area contributed by atoms with Gasteiger partial charge in [-0.15, -0.1) is 6.58 Å². The highest BCUT2D eigenvalue weighted by molar-refractivity contribution is 6.74. The lowest BCUT2D eigenvalue weighted by Crippen LogP contribution is -2.60. The number of halogens is 1. The quantitative estimate of drug-likeness (QED) is 0.320. The summed E-state index contributed by atoms with van der Waals surface area (Å²) in [6.07, 6.45) is 2.32. The molecule has 7 nitrogen and oxygen atoms in total. The third kappa shape index (κ3) is 5.33. The van der Waals surface area contributed by atoms with E-state index in [1.807, 2.05) is 0 Å². The van der Waals surface area contributed by atoms with Crippen molar-refractivity contribution in [1.82, 2.24) is 9.55 Å².